The van der Waals surface area contributed by atoms with Crippen molar-refractivity contribution in [1.82, 2.24) is 15.0 Å². The molecule has 3 aromatic carbocycles. The van der Waals surface area contributed by atoms with Crippen LogP contribution in [0.25, 0.3) is 44.6 Å². The van der Waals surface area contributed by atoms with Crippen LogP contribution in [0.2, 0.25) is 0 Å². The maximum Gasteiger partial charge on any atom is 0.216 e. The zero-order valence-electron chi connectivity index (χ0n) is 29.6. The summed E-state index contributed by atoms with van der Waals surface area (Å²) in [5, 5.41) is 1.76. The number of fused-ring (bicyclic) bond motifs is 3. The van der Waals surface area contributed by atoms with E-state index in [-0.39, 0.29) is 31.1 Å². The van der Waals surface area contributed by atoms with Gasteiger partial charge in [-0.25, -0.2) is 4.98 Å². The Morgan fingerprint density at radius 3 is 2.39 bits per heavy atom. The van der Waals surface area contributed by atoms with E-state index >= 15 is 0 Å². The molecule has 5 heteroatoms. The minimum absolute atomic E-state index is 0. The Hall–Kier alpha value is -4.44. The van der Waals surface area contributed by atoms with Crippen LogP contribution in [-0.2, 0) is 31.9 Å². The van der Waals surface area contributed by atoms with E-state index < -0.39 is 13.2 Å². The fourth-order valence-corrected chi connectivity index (χ4v) is 4.69. The first kappa shape index (κ1) is 24.9. The van der Waals surface area contributed by atoms with Gasteiger partial charge in [-0.05, 0) is 58.5 Å². The van der Waals surface area contributed by atoms with Crippen molar-refractivity contribution in [3.05, 3.63) is 150 Å². The number of hydrogen-bond acceptors (Lipinski definition) is 4. The van der Waals surface area contributed by atoms with Crippen molar-refractivity contribution >= 4 is 22.1 Å². The van der Waals surface area contributed by atoms with E-state index in [1.165, 1.54) is 11.8 Å². The monoisotopic (exact) mass is 757 g/mol. The smallest absolute Gasteiger partial charge is 0.216 e. The molecule has 0 N–H and O–H groups in total. The second kappa shape index (κ2) is 13.5. The normalized spacial score (nSPS) is 13.4. The van der Waals surface area contributed by atoms with E-state index in [1.54, 1.807) is 36.4 Å². The summed E-state index contributed by atoms with van der Waals surface area (Å²) < 4.78 is 45.1. The standard InChI is InChI=1S/C27H23N2O.C12H10N.Ir/c1-27(2,3)19-14-15-28-24(17-19)23-11-7-10-21-22-13-12-20(29-26(22)30-25(21)23)16-18-8-5-4-6-9-18;1-10-7-8-12(13-9-10)11-5-3-2-4-6-11;/h4-10,12-15,17H,16H2,1-3H3;2-5,7-9H,1H3;/q2*-1;/i16D2;1D3;. The van der Waals surface area contributed by atoms with Gasteiger partial charge in [-0.1, -0.05) is 80.3 Å². The van der Waals surface area contributed by atoms with Gasteiger partial charge in [-0.2, -0.15) is 0 Å². The van der Waals surface area contributed by atoms with Gasteiger partial charge in [0.25, 0.3) is 0 Å². The summed E-state index contributed by atoms with van der Waals surface area (Å²) in [6.07, 6.45) is 1.48. The molecular formula is C39H33IrN3O-2. The summed E-state index contributed by atoms with van der Waals surface area (Å²) >= 11 is 0. The van der Waals surface area contributed by atoms with Crippen molar-refractivity contribution in [1.29, 1.82) is 0 Å². The molecule has 0 saturated carbocycles. The zero-order valence-corrected chi connectivity index (χ0v) is 26.9. The van der Waals surface area contributed by atoms with Gasteiger partial charge in [-0.15, -0.1) is 54.1 Å². The minimum Gasteiger partial charge on any atom is -0.486 e. The fraction of sp³-hybridized carbons (Fsp3) is 0.154. The van der Waals surface area contributed by atoms with Crippen LogP contribution in [-0.4, -0.2) is 15.0 Å². The first-order valence-electron chi connectivity index (χ1n) is 16.5. The first-order valence-corrected chi connectivity index (χ1v) is 14.0. The van der Waals surface area contributed by atoms with Crippen LogP contribution in [0.5, 0.6) is 0 Å². The van der Waals surface area contributed by atoms with E-state index in [1.807, 2.05) is 66.9 Å². The van der Waals surface area contributed by atoms with Gasteiger partial charge in [-0.3, -0.25) is 0 Å². The summed E-state index contributed by atoms with van der Waals surface area (Å²) in [5.74, 6) is 0. The largest absolute Gasteiger partial charge is 0.486 e. The van der Waals surface area contributed by atoms with Crippen LogP contribution >= 0.6 is 0 Å². The number of pyridine rings is 3. The molecule has 44 heavy (non-hydrogen) atoms. The van der Waals surface area contributed by atoms with Crippen molar-refractivity contribution < 1.29 is 31.4 Å². The Bertz CT molecular complexity index is 2180. The first-order chi connectivity index (χ1) is 22.8. The summed E-state index contributed by atoms with van der Waals surface area (Å²) in [6, 6.07) is 37.7. The van der Waals surface area contributed by atoms with Crippen LogP contribution in [0.15, 0.2) is 120 Å². The van der Waals surface area contributed by atoms with Gasteiger partial charge >= 0.3 is 0 Å². The molecule has 0 aliphatic rings. The molecule has 0 amide bonds. The zero-order chi connectivity index (χ0) is 34.1. The number of nitrogens with zero attached hydrogens (tertiary/aromatic N) is 3. The SMILES string of the molecule is [2H]C([2H])([2H])c1ccc(-c2[c-]cccc2)nc1.[2H]C([2H])(c1ccccc1)c1ccc2c(n1)oc1c(-c3cc(C(C)(C)C)ccn3)[c-]ccc12.[Ir]. The Morgan fingerprint density at radius 2 is 1.66 bits per heavy atom. The second-order valence-corrected chi connectivity index (χ2v) is 11.1. The Balaban J connectivity index is 0.000000233. The second-order valence-electron chi connectivity index (χ2n) is 11.1. The molecule has 4 heterocycles. The van der Waals surface area contributed by atoms with E-state index in [2.05, 4.69) is 53.9 Å². The number of benzene rings is 3. The average Bonchev–Trinajstić information content (AvgIpc) is 3.47. The predicted octanol–water partition coefficient (Wildman–Crippen LogP) is 9.59. The van der Waals surface area contributed by atoms with Crippen LogP contribution < -0.4 is 0 Å². The molecule has 221 valence electrons. The van der Waals surface area contributed by atoms with Crippen LogP contribution in [0, 0.1) is 19.0 Å². The van der Waals surface area contributed by atoms with Gasteiger partial charge in [0.15, 0.2) is 0 Å². The van der Waals surface area contributed by atoms with E-state index in [0.717, 1.165) is 33.3 Å². The molecule has 7 aromatic rings. The van der Waals surface area contributed by atoms with Gasteiger partial charge in [0, 0.05) is 56.8 Å². The maximum absolute atomic E-state index is 8.62. The average molecular weight is 757 g/mol. The number of aromatic nitrogens is 3. The summed E-state index contributed by atoms with van der Waals surface area (Å²) in [7, 11) is 0. The van der Waals surface area contributed by atoms with Crippen molar-refractivity contribution in [2.45, 2.75) is 39.4 Å². The minimum atomic E-state index is -2.09. The molecule has 1 radical (unpaired) electrons. The van der Waals surface area contributed by atoms with Gasteiger partial charge < -0.3 is 14.4 Å². The Morgan fingerprint density at radius 1 is 0.818 bits per heavy atom. The maximum atomic E-state index is 8.62. The van der Waals surface area contributed by atoms with Gasteiger partial charge in [0.2, 0.25) is 5.71 Å². The van der Waals surface area contributed by atoms with Crippen molar-refractivity contribution in [2.24, 2.45) is 0 Å². The third kappa shape index (κ3) is 7.02. The summed E-state index contributed by atoms with van der Waals surface area (Å²) in [5.41, 5.74) is 6.53. The summed E-state index contributed by atoms with van der Waals surface area (Å²) in [6.45, 7) is 4.42. The molecule has 0 unspecified atom stereocenters. The molecule has 0 saturated heterocycles. The Kier molecular flexibility index (Phi) is 7.63. The molecule has 4 aromatic heterocycles. The van der Waals surface area contributed by atoms with E-state index in [9.17, 15) is 0 Å². The fourth-order valence-electron chi connectivity index (χ4n) is 4.69. The molecule has 0 aliphatic heterocycles. The molecule has 4 nitrogen and oxygen atoms in total. The molecule has 7 rings (SSSR count). The van der Waals surface area contributed by atoms with Crippen LogP contribution in [0.4, 0.5) is 0 Å². The molecular weight excluding hydrogens is 719 g/mol. The third-order valence-corrected chi connectivity index (χ3v) is 6.98. The molecule has 0 fully saturated rings. The summed E-state index contributed by atoms with van der Waals surface area (Å²) in [4.78, 5) is 13.3. The van der Waals surface area contributed by atoms with E-state index in [4.69, 9.17) is 11.3 Å². The topological polar surface area (TPSA) is 51.8 Å². The Labute approximate surface area is 279 Å². The van der Waals surface area contributed by atoms with Crippen molar-refractivity contribution in [3.8, 4) is 22.5 Å². The molecule has 0 bridgehead atoms. The number of rotatable bonds is 4. The van der Waals surface area contributed by atoms with Crippen molar-refractivity contribution in [3.63, 3.8) is 0 Å². The molecule has 0 atom stereocenters. The van der Waals surface area contributed by atoms with E-state index in [0.29, 0.717) is 22.6 Å². The quantitative estimate of drug-likeness (QED) is 0.168. The van der Waals surface area contributed by atoms with Crippen LogP contribution in [0.3, 0.4) is 0 Å². The molecule has 0 aliphatic carbocycles. The number of hydrogen-bond donors (Lipinski definition) is 0. The van der Waals surface area contributed by atoms with Gasteiger partial charge in [0.1, 0.15) is 0 Å². The predicted molar refractivity (Wildman–Crippen MR) is 175 cm³/mol. The number of furan rings is 1. The van der Waals surface area contributed by atoms with Crippen LogP contribution in [0.1, 0.15) is 50.0 Å². The van der Waals surface area contributed by atoms with Crippen molar-refractivity contribution in [2.75, 3.05) is 0 Å². The molecule has 0 spiro atoms. The van der Waals surface area contributed by atoms with Gasteiger partial charge in [0.05, 0.1) is 5.58 Å². The number of aryl methyl sites for hydroxylation is 1. The third-order valence-electron chi connectivity index (χ3n) is 6.98.